The Bertz CT molecular complexity index is 822. The van der Waals surface area contributed by atoms with E-state index in [4.69, 9.17) is 4.74 Å². The Morgan fingerprint density at radius 1 is 1.25 bits per heavy atom. The topological polar surface area (TPSA) is 89.0 Å². The van der Waals surface area contributed by atoms with Crippen molar-refractivity contribution in [2.75, 3.05) is 17.7 Å². The zero-order chi connectivity index (χ0) is 16.8. The molecule has 0 radical (unpaired) electrons. The molecule has 2 N–H and O–H groups in total. The Morgan fingerprint density at radius 2 is 2.08 bits per heavy atom. The van der Waals surface area contributed by atoms with Crippen LogP contribution >= 0.6 is 11.3 Å². The average Bonchev–Trinajstić information content (AvgIpc) is 3.02. The summed E-state index contributed by atoms with van der Waals surface area (Å²) in [5.41, 5.74) is 1.37. The van der Waals surface area contributed by atoms with Crippen molar-refractivity contribution in [3.63, 3.8) is 0 Å². The molecule has 0 aliphatic heterocycles. The SMILES string of the molecule is COc1cccc(NC(=O)Cc2csc(Nc3ncccn3)n2)c1. The summed E-state index contributed by atoms with van der Waals surface area (Å²) in [6.07, 6.45) is 3.47. The van der Waals surface area contributed by atoms with Crippen molar-refractivity contribution < 1.29 is 9.53 Å². The van der Waals surface area contributed by atoms with Gasteiger partial charge in [-0.15, -0.1) is 11.3 Å². The quantitative estimate of drug-likeness (QED) is 0.717. The first-order chi connectivity index (χ1) is 11.7. The Balaban J connectivity index is 1.58. The standard InChI is InChI=1S/C16H15N5O2S/c1-23-13-5-2-4-11(8-13)19-14(22)9-12-10-24-16(20-12)21-15-17-6-3-7-18-15/h2-8,10H,9H2,1H3,(H,19,22)(H,17,18,20,21). The third-order valence-electron chi connectivity index (χ3n) is 3.03. The average molecular weight is 341 g/mol. The fourth-order valence-electron chi connectivity index (χ4n) is 1.98. The molecule has 0 unspecified atom stereocenters. The number of benzene rings is 1. The molecule has 0 aliphatic rings. The fourth-order valence-corrected chi connectivity index (χ4v) is 2.68. The monoisotopic (exact) mass is 341 g/mol. The van der Waals surface area contributed by atoms with Crippen molar-refractivity contribution in [3.8, 4) is 5.75 Å². The van der Waals surface area contributed by atoms with Crippen molar-refractivity contribution in [3.05, 3.63) is 53.8 Å². The third-order valence-corrected chi connectivity index (χ3v) is 3.84. The van der Waals surface area contributed by atoms with Crippen LogP contribution in [0.15, 0.2) is 48.1 Å². The van der Waals surface area contributed by atoms with Crippen LogP contribution in [0, 0.1) is 0 Å². The highest BCUT2D eigenvalue weighted by atomic mass is 32.1. The van der Waals surface area contributed by atoms with E-state index in [1.807, 2.05) is 17.5 Å². The number of thiazole rings is 1. The van der Waals surface area contributed by atoms with Gasteiger partial charge >= 0.3 is 0 Å². The van der Waals surface area contributed by atoms with Gasteiger partial charge in [0.2, 0.25) is 11.9 Å². The van der Waals surface area contributed by atoms with Gasteiger partial charge in [0.15, 0.2) is 5.13 Å². The van der Waals surface area contributed by atoms with Crippen molar-refractivity contribution in [2.45, 2.75) is 6.42 Å². The zero-order valence-corrected chi connectivity index (χ0v) is 13.7. The van der Waals surface area contributed by atoms with Gasteiger partial charge in [-0.1, -0.05) is 6.07 Å². The molecule has 1 aromatic carbocycles. The van der Waals surface area contributed by atoms with E-state index in [-0.39, 0.29) is 12.3 Å². The molecule has 0 saturated carbocycles. The van der Waals surface area contributed by atoms with Crippen LogP contribution in [-0.2, 0) is 11.2 Å². The second-order valence-electron chi connectivity index (χ2n) is 4.80. The Kier molecular flexibility index (Phi) is 4.97. The van der Waals surface area contributed by atoms with Gasteiger partial charge in [-0.25, -0.2) is 15.0 Å². The molecule has 7 nitrogen and oxygen atoms in total. The van der Waals surface area contributed by atoms with Gasteiger partial charge in [0.1, 0.15) is 5.75 Å². The van der Waals surface area contributed by atoms with Gasteiger partial charge in [0.25, 0.3) is 0 Å². The van der Waals surface area contributed by atoms with E-state index < -0.39 is 0 Å². The number of aromatic nitrogens is 3. The first-order valence-corrected chi connectivity index (χ1v) is 8.03. The summed E-state index contributed by atoms with van der Waals surface area (Å²) < 4.78 is 5.13. The van der Waals surface area contributed by atoms with Crippen LogP contribution in [0.4, 0.5) is 16.8 Å². The fraction of sp³-hybridized carbons (Fsp3) is 0.125. The number of hydrogen-bond donors (Lipinski definition) is 2. The summed E-state index contributed by atoms with van der Waals surface area (Å²) in [6, 6.07) is 8.94. The predicted molar refractivity (Wildman–Crippen MR) is 92.8 cm³/mol. The molecule has 1 amide bonds. The van der Waals surface area contributed by atoms with Crippen molar-refractivity contribution >= 4 is 34.0 Å². The van der Waals surface area contributed by atoms with E-state index in [0.717, 1.165) is 0 Å². The van der Waals surface area contributed by atoms with Gasteiger partial charge in [0.05, 0.1) is 19.2 Å². The van der Waals surface area contributed by atoms with E-state index in [2.05, 4.69) is 25.6 Å². The zero-order valence-electron chi connectivity index (χ0n) is 12.9. The van der Waals surface area contributed by atoms with Gasteiger partial charge in [-0.3, -0.25) is 4.79 Å². The van der Waals surface area contributed by atoms with E-state index >= 15 is 0 Å². The molecule has 24 heavy (non-hydrogen) atoms. The number of nitrogens with zero attached hydrogens (tertiary/aromatic N) is 3. The second-order valence-corrected chi connectivity index (χ2v) is 5.66. The lowest BCUT2D eigenvalue weighted by Gasteiger charge is -2.06. The van der Waals surface area contributed by atoms with Crippen molar-refractivity contribution in [1.82, 2.24) is 15.0 Å². The minimum absolute atomic E-state index is 0.143. The number of rotatable bonds is 6. The smallest absolute Gasteiger partial charge is 0.230 e. The molecular weight excluding hydrogens is 326 g/mol. The minimum atomic E-state index is -0.143. The molecular formula is C16H15N5O2S. The molecule has 3 aromatic rings. The second kappa shape index (κ2) is 7.51. The Morgan fingerprint density at radius 3 is 2.88 bits per heavy atom. The first kappa shape index (κ1) is 15.9. The van der Waals surface area contributed by atoms with Crippen LogP contribution in [0.1, 0.15) is 5.69 Å². The predicted octanol–water partition coefficient (Wildman–Crippen LogP) is 2.87. The molecule has 0 atom stereocenters. The highest BCUT2D eigenvalue weighted by Crippen LogP contribution is 2.20. The van der Waals surface area contributed by atoms with Crippen LogP contribution in [0.25, 0.3) is 0 Å². The number of hydrogen-bond acceptors (Lipinski definition) is 7. The summed E-state index contributed by atoms with van der Waals surface area (Å²) in [6.45, 7) is 0. The number of nitrogens with one attached hydrogen (secondary N) is 2. The number of carbonyl (C=O) groups excluding carboxylic acids is 1. The van der Waals surface area contributed by atoms with Gasteiger partial charge in [0, 0.05) is 29.5 Å². The van der Waals surface area contributed by atoms with E-state index in [9.17, 15) is 4.79 Å². The molecule has 2 heterocycles. The maximum atomic E-state index is 12.1. The summed E-state index contributed by atoms with van der Waals surface area (Å²) in [4.78, 5) is 24.6. The molecule has 0 bridgehead atoms. The molecule has 122 valence electrons. The normalized spacial score (nSPS) is 10.2. The van der Waals surface area contributed by atoms with Crippen LogP contribution in [0.2, 0.25) is 0 Å². The van der Waals surface area contributed by atoms with E-state index in [1.165, 1.54) is 11.3 Å². The number of amides is 1. The van der Waals surface area contributed by atoms with Gasteiger partial charge in [-0.05, 0) is 18.2 Å². The summed E-state index contributed by atoms with van der Waals surface area (Å²) >= 11 is 1.40. The lowest BCUT2D eigenvalue weighted by molar-refractivity contribution is -0.115. The van der Waals surface area contributed by atoms with Crippen LogP contribution in [-0.4, -0.2) is 28.0 Å². The number of methoxy groups -OCH3 is 1. The molecule has 2 aromatic heterocycles. The number of ether oxygens (including phenoxy) is 1. The highest BCUT2D eigenvalue weighted by molar-refractivity contribution is 7.13. The molecule has 0 saturated heterocycles. The maximum absolute atomic E-state index is 12.1. The third kappa shape index (κ3) is 4.26. The first-order valence-electron chi connectivity index (χ1n) is 7.15. The van der Waals surface area contributed by atoms with E-state index in [0.29, 0.717) is 28.2 Å². The van der Waals surface area contributed by atoms with Crippen LogP contribution in [0.5, 0.6) is 5.75 Å². The highest BCUT2D eigenvalue weighted by Gasteiger charge is 2.09. The van der Waals surface area contributed by atoms with Gasteiger partial charge < -0.3 is 15.4 Å². The van der Waals surface area contributed by atoms with Gasteiger partial charge in [-0.2, -0.15) is 0 Å². The maximum Gasteiger partial charge on any atom is 0.230 e. The summed E-state index contributed by atoms with van der Waals surface area (Å²) in [7, 11) is 1.58. The molecule has 0 aliphatic carbocycles. The minimum Gasteiger partial charge on any atom is -0.497 e. The molecule has 0 fully saturated rings. The largest absolute Gasteiger partial charge is 0.497 e. The van der Waals surface area contributed by atoms with Crippen LogP contribution in [0.3, 0.4) is 0 Å². The molecule has 3 rings (SSSR count). The Hall–Kier alpha value is -3.00. The number of carbonyl (C=O) groups is 1. The lowest BCUT2D eigenvalue weighted by atomic mass is 10.2. The number of anilines is 3. The summed E-state index contributed by atoms with van der Waals surface area (Å²) in [5, 5.41) is 8.30. The van der Waals surface area contributed by atoms with Crippen molar-refractivity contribution in [2.24, 2.45) is 0 Å². The lowest BCUT2D eigenvalue weighted by Crippen LogP contribution is -2.14. The van der Waals surface area contributed by atoms with Crippen molar-refractivity contribution in [1.29, 1.82) is 0 Å². The molecule has 0 spiro atoms. The van der Waals surface area contributed by atoms with E-state index in [1.54, 1.807) is 37.7 Å². The Labute approximate surface area is 142 Å². The molecule has 8 heteroatoms. The van der Waals surface area contributed by atoms with Crippen LogP contribution < -0.4 is 15.4 Å². The summed E-state index contributed by atoms with van der Waals surface area (Å²) in [5.74, 6) is 1.02.